The predicted molar refractivity (Wildman–Crippen MR) is 152 cm³/mol. The average molecular weight is 485 g/mol. The van der Waals surface area contributed by atoms with Crippen LogP contribution in [0.15, 0.2) is 0 Å². The van der Waals surface area contributed by atoms with Crippen molar-refractivity contribution in [1.29, 1.82) is 0 Å². The van der Waals surface area contributed by atoms with Crippen molar-refractivity contribution in [3.8, 4) is 0 Å². The second-order valence-corrected chi connectivity index (χ2v) is 11.6. The van der Waals surface area contributed by atoms with Crippen molar-refractivity contribution in [3.63, 3.8) is 0 Å². The zero-order valence-electron chi connectivity index (χ0n) is 22.9. The molecule has 3 aliphatic carbocycles. The van der Waals surface area contributed by atoms with Crippen molar-refractivity contribution in [2.75, 3.05) is 0 Å². The molecule has 3 fully saturated rings. The highest BCUT2D eigenvalue weighted by molar-refractivity contribution is 4.86. The summed E-state index contributed by atoms with van der Waals surface area (Å²) in [5.74, 6) is 0. The Kier molecular flexibility index (Phi) is 18.8. The summed E-state index contributed by atoms with van der Waals surface area (Å²) in [7, 11) is 0. The lowest BCUT2D eigenvalue weighted by molar-refractivity contribution is 0.311. The Hall–Kier alpha value is -0.240. The quantitative estimate of drug-likeness (QED) is 0.333. The van der Waals surface area contributed by atoms with Crippen LogP contribution >= 0.6 is 0 Å². The van der Waals surface area contributed by atoms with Crippen molar-refractivity contribution in [3.05, 3.63) is 0 Å². The summed E-state index contributed by atoms with van der Waals surface area (Å²) in [6.45, 7) is 13.1. The van der Waals surface area contributed by atoms with Crippen LogP contribution in [0.25, 0.3) is 0 Å². The third-order valence-electron chi connectivity index (χ3n) is 7.10. The van der Waals surface area contributed by atoms with Crippen LogP contribution in [0.5, 0.6) is 0 Å². The summed E-state index contributed by atoms with van der Waals surface area (Å²) in [4.78, 5) is 0. The summed E-state index contributed by atoms with van der Waals surface area (Å²) in [5.41, 5.74) is 17.9. The molecule has 0 aromatic rings. The molecule has 0 aliphatic heterocycles. The van der Waals surface area contributed by atoms with Crippen LogP contribution in [0.1, 0.15) is 126 Å². The van der Waals surface area contributed by atoms with Crippen LogP contribution < -0.4 is 33.2 Å². The van der Waals surface area contributed by atoms with Gasteiger partial charge in [-0.15, -0.1) is 0 Å². The fraction of sp³-hybridized carbons (Fsp3) is 1.00. The van der Waals surface area contributed by atoms with Gasteiger partial charge in [0.15, 0.2) is 0 Å². The fourth-order valence-electron chi connectivity index (χ4n) is 5.38. The van der Waals surface area contributed by atoms with E-state index in [4.69, 9.17) is 17.2 Å². The van der Waals surface area contributed by atoms with Crippen molar-refractivity contribution in [1.82, 2.24) is 16.0 Å². The van der Waals surface area contributed by atoms with Gasteiger partial charge in [-0.3, -0.25) is 0 Å². The molecule has 2 unspecified atom stereocenters. The van der Waals surface area contributed by atoms with Crippen molar-refractivity contribution in [2.45, 2.75) is 180 Å². The summed E-state index contributed by atoms with van der Waals surface area (Å²) in [6.07, 6.45) is 15.4. The lowest BCUT2D eigenvalue weighted by Gasteiger charge is -2.30. The second kappa shape index (κ2) is 18.9. The Morgan fingerprint density at radius 1 is 0.441 bits per heavy atom. The maximum Gasteiger partial charge on any atom is 0.0221 e. The molecule has 6 heteroatoms. The van der Waals surface area contributed by atoms with E-state index in [9.17, 15) is 0 Å². The van der Waals surface area contributed by atoms with E-state index >= 15 is 0 Å². The van der Waals surface area contributed by atoms with Gasteiger partial charge >= 0.3 is 0 Å². The normalized spacial score (nSPS) is 31.8. The van der Waals surface area contributed by atoms with E-state index in [0.29, 0.717) is 54.4 Å². The van der Waals surface area contributed by atoms with Crippen molar-refractivity contribution in [2.24, 2.45) is 17.2 Å². The number of hydrogen-bond acceptors (Lipinski definition) is 6. The minimum atomic E-state index is 0. The van der Waals surface area contributed by atoms with E-state index in [1.165, 1.54) is 77.0 Å². The van der Waals surface area contributed by atoms with Crippen LogP contribution in [-0.4, -0.2) is 54.4 Å². The zero-order chi connectivity index (χ0) is 24.8. The summed E-state index contributed by atoms with van der Waals surface area (Å²) in [6, 6.07) is 4.62. The first kappa shape index (κ1) is 33.8. The maximum atomic E-state index is 5.96. The Bertz CT molecular complexity index is 403. The topological polar surface area (TPSA) is 114 Å². The molecule has 0 saturated heterocycles. The Balaban J connectivity index is 0.000000473. The summed E-state index contributed by atoms with van der Waals surface area (Å²) >= 11 is 0. The third kappa shape index (κ3) is 15.0. The van der Waals surface area contributed by atoms with Crippen LogP contribution in [0, 0.1) is 0 Å². The number of nitrogens with one attached hydrogen (secondary N) is 3. The van der Waals surface area contributed by atoms with Gasteiger partial charge in [-0.2, -0.15) is 0 Å². The zero-order valence-corrected chi connectivity index (χ0v) is 22.9. The van der Waals surface area contributed by atoms with Gasteiger partial charge in [0.2, 0.25) is 0 Å². The molecule has 3 saturated carbocycles. The number of hydrogen-bond donors (Lipinski definition) is 6. The molecule has 0 aromatic heterocycles. The van der Waals surface area contributed by atoms with Crippen LogP contribution in [0.3, 0.4) is 0 Å². The molecule has 6 nitrogen and oxygen atoms in total. The van der Waals surface area contributed by atoms with Gasteiger partial charge in [0.1, 0.15) is 0 Å². The molecule has 0 heterocycles. The molecule has 0 amide bonds. The Labute approximate surface area is 213 Å². The third-order valence-corrected chi connectivity index (χ3v) is 7.10. The molecular weight excluding hydrogens is 420 g/mol. The standard InChI is InChI=1S/3C9H20N2.CH4/c3*1-7(2)11-9-6-4-3-5-8(9)10;/h3*7-9,11H,3-6,10H2,1-2H3;1H4/t8-,9+;8-,9-;;/m10../s1. The minimum absolute atomic E-state index is 0. The van der Waals surface area contributed by atoms with E-state index in [2.05, 4.69) is 57.5 Å². The molecule has 9 N–H and O–H groups in total. The molecule has 6 atom stereocenters. The SMILES string of the molecule is C.CC(C)NC1CCCCC1N.CC(C)N[C@H]1CCCC[C@@H]1N.CC(C)N[C@H]1CCCC[C@H]1N. The Morgan fingerprint density at radius 2 is 0.647 bits per heavy atom. The van der Waals surface area contributed by atoms with Crippen molar-refractivity contribution < 1.29 is 0 Å². The minimum Gasteiger partial charge on any atom is -0.326 e. The van der Waals surface area contributed by atoms with Crippen molar-refractivity contribution >= 4 is 0 Å². The first-order valence-corrected chi connectivity index (χ1v) is 14.1. The number of nitrogens with two attached hydrogens (primary N) is 3. The second-order valence-electron chi connectivity index (χ2n) is 11.6. The van der Waals surface area contributed by atoms with Gasteiger partial charge in [0.05, 0.1) is 0 Å². The molecule has 206 valence electrons. The summed E-state index contributed by atoms with van der Waals surface area (Å²) < 4.78 is 0. The van der Waals surface area contributed by atoms with Crippen LogP contribution in [0.4, 0.5) is 0 Å². The smallest absolute Gasteiger partial charge is 0.0221 e. The monoisotopic (exact) mass is 485 g/mol. The highest BCUT2D eigenvalue weighted by Crippen LogP contribution is 2.18. The lowest BCUT2D eigenvalue weighted by Crippen LogP contribution is -2.49. The Morgan fingerprint density at radius 3 is 0.824 bits per heavy atom. The molecule has 3 rings (SSSR count). The van der Waals surface area contributed by atoms with Crippen LogP contribution in [-0.2, 0) is 0 Å². The first-order valence-electron chi connectivity index (χ1n) is 14.1. The van der Waals surface area contributed by atoms with E-state index in [1.807, 2.05) is 0 Å². The van der Waals surface area contributed by atoms with Crippen LogP contribution in [0.2, 0.25) is 0 Å². The molecule has 0 spiro atoms. The molecule has 34 heavy (non-hydrogen) atoms. The highest BCUT2D eigenvalue weighted by Gasteiger charge is 2.23. The largest absolute Gasteiger partial charge is 0.326 e. The van der Waals surface area contributed by atoms with E-state index in [0.717, 1.165) is 0 Å². The summed E-state index contributed by atoms with van der Waals surface area (Å²) in [5, 5.41) is 10.5. The van der Waals surface area contributed by atoms with Gasteiger partial charge in [-0.1, -0.05) is 87.5 Å². The molecular formula is C28H64N6. The number of rotatable bonds is 6. The average Bonchev–Trinajstić information content (AvgIpc) is 2.73. The molecule has 0 radical (unpaired) electrons. The molecule has 0 bridgehead atoms. The maximum absolute atomic E-state index is 5.96. The predicted octanol–water partition coefficient (Wildman–Crippen LogP) is 4.40. The van der Waals surface area contributed by atoms with Gasteiger partial charge < -0.3 is 33.2 Å². The fourth-order valence-corrected chi connectivity index (χ4v) is 5.38. The van der Waals surface area contributed by atoms with Gasteiger partial charge in [-0.25, -0.2) is 0 Å². The highest BCUT2D eigenvalue weighted by atomic mass is 15.0. The van der Waals surface area contributed by atoms with Gasteiger partial charge in [-0.05, 0) is 38.5 Å². The molecule has 0 aromatic carbocycles. The van der Waals surface area contributed by atoms with E-state index < -0.39 is 0 Å². The van der Waals surface area contributed by atoms with Gasteiger partial charge in [0, 0.05) is 54.4 Å². The van der Waals surface area contributed by atoms with E-state index in [1.54, 1.807) is 0 Å². The molecule has 3 aliphatic rings. The van der Waals surface area contributed by atoms with E-state index in [-0.39, 0.29) is 7.43 Å². The van der Waals surface area contributed by atoms with Gasteiger partial charge in [0.25, 0.3) is 0 Å². The first-order chi connectivity index (χ1) is 15.6. The lowest BCUT2D eigenvalue weighted by atomic mass is 9.90.